The Morgan fingerprint density at radius 1 is 1.07 bits per heavy atom. The van der Waals surface area contributed by atoms with Gasteiger partial charge >= 0.3 is 0 Å². The molecule has 29 heavy (non-hydrogen) atoms. The van der Waals surface area contributed by atoms with E-state index in [1.165, 1.54) is 23.9 Å². The van der Waals surface area contributed by atoms with Crippen molar-refractivity contribution in [1.29, 1.82) is 0 Å². The number of benzene rings is 2. The van der Waals surface area contributed by atoms with Crippen LogP contribution in [0.4, 0.5) is 10.1 Å². The van der Waals surface area contributed by atoms with Crippen LogP contribution in [0.15, 0.2) is 53.4 Å². The molecule has 152 valence electrons. The van der Waals surface area contributed by atoms with E-state index >= 15 is 0 Å². The van der Waals surface area contributed by atoms with Crippen LogP contribution in [0.5, 0.6) is 0 Å². The van der Waals surface area contributed by atoms with E-state index in [9.17, 15) is 14.0 Å². The van der Waals surface area contributed by atoms with Gasteiger partial charge in [-0.25, -0.2) is 4.39 Å². The molecule has 5 nitrogen and oxygen atoms in total. The van der Waals surface area contributed by atoms with Gasteiger partial charge in [-0.05, 0) is 36.2 Å². The van der Waals surface area contributed by atoms with E-state index in [4.69, 9.17) is 0 Å². The molecular formula is C22H24FN3O2S. The first-order chi connectivity index (χ1) is 14.1. The van der Waals surface area contributed by atoms with Crippen LogP contribution in [0.1, 0.15) is 18.4 Å². The van der Waals surface area contributed by atoms with Gasteiger partial charge in [0.1, 0.15) is 5.82 Å². The van der Waals surface area contributed by atoms with Gasteiger partial charge in [0.05, 0.1) is 10.9 Å². The maximum atomic E-state index is 13.1. The van der Waals surface area contributed by atoms with Crippen LogP contribution in [0.25, 0.3) is 0 Å². The standard InChI is InChI=1S/C22H24FN3O2S/c23-17-8-6-16(7-9-17)15-25-10-3-11-26(13-12-25)21(27)14-20-22(28)24-18-4-1-2-5-19(18)29-20/h1-2,4-9,20H,3,10-15H2,(H,24,28). The number of halogens is 1. The van der Waals surface area contributed by atoms with Crippen LogP contribution < -0.4 is 5.32 Å². The summed E-state index contributed by atoms with van der Waals surface area (Å²) in [5, 5.41) is 2.51. The van der Waals surface area contributed by atoms with Gasteiger partial charge in [0.25, 0.3) is 0 Å². The highest BCUT2D eigenvalue weighted by Crippen LogP contribution is 2.36. The Bertz CT molecular complexity index is 890. The van der Waals surface area contributed by atoms with Crippen molar-refractivity contribution < 1.29 is 14.0 Å². The molecule has 7 heteroatoms. The normalized spacial score (nSPS) is 20.0. The molecule has 0 radical (unpaired) electrons. The number of nitrogens with one attached hydrogen (secondary N) is 1. The summed E-state index contributed by atoms with van der Waals surface area (Å²) < 4.78 is 13.1. The monoisotopic (exact) mass is 413 g/mol. The molecule has 2 aliphatic rings. The summed E-state index contributed by atoms with van der Waals surface area (Å²) in [5.41, 5.74) is 1.89. The third-order valence-corrected chi connectivity index (χ3v) is 6.60. The van der Waals surface area contributed by atoms with Gasteiger partial charge in [0.15, 0.2) is 0 Å². The molecule has 0 aliphatic carbocycles. The van der Waals surface area contributed by atoms with E-state index in [2.05, 4.69) is 10.2 Å². The van der Waals surface area contributed by atoms with Gasteiger partial charge in [0, 0.05) is 44.0 Å². The number of carbonyl (C=O) groups is 2. The van der Waals surface area contributed by atoms with Crippen LogP contribution in [0, 0.1) is 5.82 Å². The zero-order chi connectivity index (χ0) is 20.2. The lowest BCUT2D eigenvalue weighted by Crippen LogP contribution is -2.39. The molecule has 0 spiro atoms. The van der Waals surface area contributed by atoms with E-state index < -0.39 is 5.25 Å². The third-order valence-electron chi connectivity index (χ3n) is 5.33. The average molecular weight is 414 g/mol. The molecule has 2 heterocycles. The Labute approximate surface area is 174 Å². The first kappa shape index (κ1) is 19.9. The Balaban J connectivity index is 1.31. The second kappa shape index (κ2) is 8.97. The molecule has 0 bridgehead atoms. The molecular weight excluding hydrogens is 389 g/mol. The minimum Gasteiger partial charge on any atom is -0.341 e. The number of hydrogen-bond acceptors (Lipinski definition) is 4. The fourth-order valence-electron chi connectivity index (χ4n) is 3.74. The molecule has 4 rings (SSSR count). The number of carbonyl (C=O) groups excluding carboxylic acids is 2. The molecule has 1 atom stereocenters. The zero-order valence-electron chi connectivity index (χ0n) is 16.1. The van der Waals surface area contributed by atoms with Crippen molar-refractivity contribution in [3.63, 3.8) is 0 Å². The predicted octanol–water partition coefficient (Wildman–Crippen LogP) is 3.36. The first-order valence-corrected chi connectivity index (χ1v) is 10.8. The number of hydrogen-bond donors (Lipinski definition) is 1. The SMILES string of the molecule is O=C1Nc2ccccc2SC1CC(=O)N1CCCN(Cc2ccc(F)cc2)CC1. The second-order valence-electron chi connectivity index (χ2n) is 7.43. The van der Waals surface area contributed by atoms with E-state index in [0.29, 0.717) is 13.1 Å². The molecule has 0 aromatic heterocycles. The lowest BCUT2D eigenvalue weighted by Gasteiger charge is -2.27. The molecule has 1 fully saturated rings. The number of nitrogens with zero attached hydrogens (tertiary/aromatic N) is 2. The Hall–Kier alpha value is -2.38. The van der Waals surface area contributed by atoms with Gasteiger partial charge in [-0.15, -0.1) is 11.8 Å². The first-order valence-electron chi connectivity index (χ1n) is 9.89. The Morgan fingerprint density at radius 3 is 2.69 bits per heavy atom. The lowest BCUT2D eigenvalue weighted by atomic mass is 10.2. The highest BCUT2D eigenvalue weighted by Gasteiger charge is 2.30. The van der Waals surface area contributed by atoms with Gasteiger partial charge in [-0.2, -0.15) is 0 Å². The van der Waals surface area contributed by atoms with Crippen molar-refractivity contribution in [3.8, 4) is 0 Å². The zero-order valence-corrected chi connectivity index (χ0v) is 17.0. The smallest absolute Gasteiger partial charge is 0.238 e. The molecule has 0 saturated carbocycles. The summed E-state index contributed by atoms with van der Waals surface area (Å²) in [7, 11) is 0. The molecule has 2 amide bonds. The van der Waals surface area contributed by atoms with Crippen LogP contribution in [0.3, 0.4) is 0 Å². The number of thioether (sulfide) groups is 1. The predicted molar refractivity (Wildman–Crippen MR) is 112 cm³/mol. The highest BCUT2D eigenvalue weighted by atomic mass is 32.2. The van der Waals surface area contributed by atoms with Gasteiger partial charge < -0.3 is 10.2 Å². The van der Waals surface area contributed by atoms with Crippen molar-refractivity contribution >= 4 is 29.3 Å². The van der Waals surface area contributed by atoms with Gasteiger partial charge in [0.2, 0.25) is 11.8 Å². The average Bonchev–Trinajstić information content (AvgIpc) is 2.96. The maximum Gasteiger partial charge on any atom is 0.238 e. The molecule has 2 aliphatic heterocycles. The summed E-state index contributed by atoms with van der Waals surface area (Å²) in [4.78, 5) is 30.4. The highest BCUT2D eigenvalue weighted by molar-refractivity contribution is 8.01. The summed E-state index contributed by atoms with van der Waals surface area (Å²) in [6, 6.07) is 14.2. The summed E-state index contributed by atoms with van der Waals surface area (Å²) in [5.74, 6) is -0.302. The van der Waals surface area contributed by atoms with Gasteiger partial charge in [-0.3, -0.25) is 14.5 Å². The van der Waals surface area contributed by atoms with E-state index in [-0.39, 0.29) is 24.1 Å². The summed E-state index contributed by atoms with van der Waals surface area (Å²) in [6.07, 6.45) is 1.10. The molecule has 1 saturated heterocycles. The molecule has 1 unspecified atom stereocenters. The number of amides is 2. The van der Waals surface area contributed by atoms with Crippen LogP contribution >= 0.6 is 11.8 Å². The van der Waals surface area contributed by atoms with Crippen LogP contribution in [-0.2, 0) is 16.1 Å². The van der Waals surface area contributed by atoms with E-state index in [0.717, 1.165) is 42.2 Å². The number of anilines is 1. The Kier molecular flexibility index (Phi) is 6.16. The molecule has 1 N–H and O–H groups in total. The van der Waals surface area contributed by atoms with Gasteiger partial charge in [-0.1, -0.05) is 24.3 Å². The van der Waals surface area contributed by atoms with Crippen LogP contribution in [-0.4, -0.2) is 53.0 Å². The van der Waals surface area contributed by atoms with Crippen molar-refractivity contribution in [1.82, 2.24) is 9.80 Å². The van der Waals surface area contributed by atoms with Crippen molar-refractivity contribution in [3.05, 3.63) is 59.9 Å². The number of para-hydroxylation sites is 1. The summed E-state index contributed by atoms with van der Waals surface area (Å²) in [6.45, 7) is 3.77. The molecule has 2 aromatic rings. The summed E-state index contributed by atoms with van der Waals surface area (Å²) >= 11 is 1.47. The largest absolute Gasteiger partial charge is 0.341 e. The van der Waals surface area contributed by atoms with E-state index in [1.54, 1.807) is 12.1 Å². The van der Waals surface area contributed by atoms with Crippen LogP contribution in [0.2, 0.25) is 0 Å². The number of rotatable bonds is 4. The van der Waals surface area contributed by atoms with Crippen molar-refractivity contribution in [2.45, 2.75) is 29.5 Å². The number of fused-ring (bicyclic) bond motifs is 1. The third kappa shape index (κ3) is 4.97. The van der Waals surface area contributed by atoms with Crippen molar-refractivity contribution in [2.24, 2.45) is 0 Å². The fraction of sp³-hybridized carbons (Fsp3) is 0.364. The molecule has 2 aromatic carbocycles. The lowest BCUT2D eigenvalue weighted by molar-refractivity contribution is -0.132. The quantitative estimate of drug-likeness (QED) is 0.835. The second-order valence-corrected chi connectivity index (χ2v) is 8.68. The van der Waals surface area contributed by atoms with E-state index in [1.807, 2.05) is 29.2 Å². The topological polar surface area (TPSA) is 52.7 Å². The minimum atomic E-state index is -0.393. The van der Waals surface area contributed by atoms with Crippen molar-refractivity contribution in [2.75, 3.05) is 31.5 Å². The fourth-order valence-corrected chi connectivity index (χ4v) is 4.84. The minimum absolute atomic E-state index is 0.0284. The maximum absolute atomic E-state index is 13.1. The Morgan fingerprint density at radius 2 is 1.86 bits per heavy atom.